The molecule has 0 nitrogen and oxygen atoms in total. The van der Waals surface area contributed by atoms with Crippen molar-refractivity contribution >= 4 is 29.0 Å². The van der Waals surface area contributed by atoms with E-state index in [0.29, 0.717) is 0 Å². The van der Waals surface area contributed by atoms with Gasteiger partial charge in [0.05, 0.1) is 0 Å². The van der Waals surface area contributed by atoms with Gasteiger partial charge in [0.25, 0.3) is 0 Å². The molecule has 3 aromatic rings. The zero-order valence-corrected chi connectivity index (χ0v) is 12.2. The van der Waals surface area contributed by atoms with Gasteiger partial charge in [0.1, 0.15) is 0 Å². The summed E-state index contributed by atoms with van der Waals surface area (Å²) in [6, 6.07) is 23.6. The SMILES string of the molecule is C/C=C/c1ccc(/C=C/c2ccc3ccccc3c2)cc1. The van der Waals surface area contributed by atoms with Crippen LogP contribution in [-0.4, -0.2) is 0 Å². The molecule has 3 rings (SSSR count). The van der Waals surface area contributed by atoms with E-state index in [1.54, 1.807) is 0 Å². The van der Waals surface area contributed by atoms with E-state index >= 15 is 0 Å². The second-order valence-electron chi connectivity index (χ2n) is 5.11. The molecule has 0 N–H and O–H groups in total. The van der Waals surface area contributed by atoms with E-state index in [2.05, 4.69) is 91.0 Å². The van der Waals surface area contributed by atoms with E-state index in [9.17, 15) is 0 Å². The van der Waals surface area contributed by atoms with Crippen LogP contribution < -0.4 is 0 Å². The number of hydrogen-bond acceptors (Lipinski definition) is 0. The third-order valence-corrected chi connectivity index (χ3v) is 3.54. The van der Waals surface area contributed by atoms with Crippen molar-refractivity contribution in [3.8, 4) is 0 Å². The van der Waals surface area contributed by atoms with Crippen molar-refractivity contribution in [1.29, 1.82) is 0 Å². The number of rotatable bonds is 3. The summed E-state index contributed by atoms with van der Waals surface area (Å²) in [6.45, 7) is 2.04. The average Bonchev–Trinajstić information content (AvgIpc) is 2.54. The van der Waals surface area contributed by atoms with Gasteiger partial charge < -0.3 is 0 Å². The van der Waals surface area contributed by atoms with Gasteiger partial charge in [0.2, 0.25) is 0 Å². The maximum Gasteiger partial charge on any atom is -0.0178 e. The van der Waals surface area contributed by atoms with Gasteiger partial charge in [-0.1, -0.05) is 85.0 Å². The van der Waals surface area contributed by atoms with Crippen molar-refractivity contribution in [2.45, 2.75) is 6.92 Å². The lowest BCUT2D eigenvalue weighted by Crippen LogP contribution is -1.76. The fraction of sp³-hybridized carbons (Fsp3) is 0.0476. The van der Waals surface area contributed by atoms with Gasteiger partial charge in [-0.15, -0.1) is 0 Å². The Morgan fingerprint density at radius 1 is 0.571 bits per heavy atom. The van der Waals surface area contributed by atoms with E-state index in [1.165, 1.54) is 27.5 Å². The molecule has 21 heavy (non-hydrogen) atoms. The first-order valence-corrected chi connectivity index (χ1v) is 7.25. The van der Waals surface area contributed by atoms with Crippen LogP contribution in [0.5, 0.6) is 0 Å². The number of allylic oxidation sites excluding steroid dienone is 1. The molecule has 0 aromatic heterocycles. The molecule has 0 spiro atoms. The van der Waals surface area contributed by atoms with Crippen molar-refractivity contribution in [3.63, 3.8) is 0 Å². The summed E-state index contributed by atoms with van der Waals surface area (Å²) >= 11 is 0. The number of hydrogen-bond donors (Lipinski definition) is 0. The summed E-state index contributed by atoms with van der Waals surface area (Å²) in [4.78, 5) is 0. The standard InChI is InChI=1S/C21H18/c1-2-5-17-8-10-18(11-9-17)12-13-19-14-15-20-6-3-4-7-21(20)16-19/h2-16H,1H3/b5-2+,13-12+. The average molecular weight is 270 g/mol. The minimum absolute atomic E-state index is 1.22. The van der Waals surface area contributed by atoms with Crippen LogP contribution in [0.2, 0.25) is 0 Å². The lowest BCUT2D eigenvalue weighted by atomic mass is 10.1. The quantitative estimate of drug-likeness (QED) is 0.509. The van der Waals surface area contributed by atoms with Crippen LogP contribution in [0, 0.1) is 0 Å². The largest absolute Gasteiger partial charge is 0.0871 e. The van der Waals surface area contributed by atoms with Crippen LogP contribution in [0.1, 0.15) is 23.6 Å². The Morgan fingerprint density at radius 3 is 1.86 bits per heavy atom. The summed E-state index contributed by atoms with van der Waals surface area (Å²) in [6.07, 6.45) is 8.48. The van der Waals surface area contributed by atoms with E-state index in [-0.39, 0.29) is 0 Å². The van der Waals surface area contributed by atoms with Crippen LogP contribution in [0.3, 0.4) is 0 Å². The van der Waals surface area contributed by atoms with Crippen LogP contribution in [0.15, 0.2) is 72.8 Å². The summed E-state index contributed by atoms with van der Waals surface area (Å²) < 4.78 is 0. The first kappa shape index (κ1) is 13.4. The molecule has 0 aliphatic carbocycles. The Balaban J connectivity index is 1.83. The number of benzene rings is 3. The van der Waals surface area contributed by atoms with Crippen molar-refractivity contribution in [1.82, 2.24) is 0 Å². The molecule has 0 aliphatic heterocycles. The molecule has 0 amide bonds. The van der Waals surface area contributed by atoms with E-state index in [4.69, 9.17) is 0 Å². The van der Waals surface area contributed by atoms with Gasteiger partial charge in [-0.3, -0.25) is 0 Å². The molecule has 0 fully saturated rings. The maximum absolute atomic E-state index is 2.22. The highest BCUT2D eigenvalue weighted by atomic mass is 14.0. The molecule has 3 aromatic carbocycles. The summed E-state index contributed by atoms with van der Waals surface area (Å²) in [5.74, 6) is 0. The van der Waals surface area contributed by atoms with Gasteiger partial charge in [-0.05, 0) is 40.5 Å². The Morgan fingerprint density at radius 2 is 1.14 bits per heavy atom. The molecule has 0 saturated heterocycles. The van der Waals surface area contributed by atoms with Crippen molar-refractivity contribution in [2.24, 2.45) is 0 Å². The number of fused-ring (bicyclic) bond motifs is 1. The minimum Gasteiger partial charge on any atom is -0.0871 e. The smallest absolute Gasteiger partial charge is 0.0178 e. The minimum atomic E-state index is 1.22. The predicted molar refractivity (Wildman–Crippen MR) is 94.0 cm³/mol. The molecule has 0 radical (unpaired) electrons. The second kappa shape index (κ2) is 6.23. The van der Waals surface area contributed by atoms with Gasteiger partial charge in [-0.25, -0.2) is 0 Å². The highest BCUT2D eigenvalue weighted by Crippen LogP contribution is 2.17. The first-order valence-electron chi connectivity index (χ1n) is 7.25. The molecule has 0 atom stereocenters. The summed E-state index contributed by atoms with van der Waals surface area (Å²) in [5.41, 5.74) is 3.68. The normalized spacial score (nSPS) is 11.7. The lowest BCUT2D eigenvalue weighted by molar-refractivity contribution is 1.61. The van der Waals surface area contributed by atoms with Crippen molar-refractivity contribution in [2.75, 3.05) is 0 Å². The van der Waals surface area contributed by atoms with Crippen molar-refractivity contribution in [3.05, 3.63) is 89.5 Å². The summed E-state index contributed by atoms with van der Waals surface area (Å²) in [5, 5.41) is 2.56. The topological polar surface area (TPSA) is 0 Å². The van der Waals surface area contributed by atoms with Gasteiger partial charge >= 0.3 is 0 Å². The second-order valence-corrected chi connectivity index (χ2v) is 5.11. The highest BCUT2D eigenvalue weighted by molar-refractivity contribution is 5.86. The molecule has 0 heteroatoms. The Bertz CT molecular complexity index is 790. The predicted octanol–water partition coefficient (Wildman–Crippen LogP) is 6.04. The van der Waals surface area contributed by atoms with Gasteiger partial charge in [0.15, 0.2) is 0 Å². The van der Waals surface area contributed by atoms with E-state index in [0.717, 1.165) is 0 Å². The fourth-order valence-electron chi connectivity index (χ4n) is 2.41. The van der Waals surface area contributed by atoms with Crippen LogP contribution in [0.4, 0.5) is 0 Å². The molecule has 0 bridgehead atoms. The Hall–Kier alpha value is -2.60. The maximum atomic E-state index is 2.22. The Labute approximate surface area is 126 Å². The molecule has 0 aliphatic rings. The summed E-state index contributed by atoms with van der Waals surface area (Å²) in [7, 11) is 0. The van der Waals surface area contributed by atoms with Gasteiger partial charge in [-0.2, -0.15) is 0 Å². The molecule has 0 unspecified atom stereocenters. The Kier molecular flexibility index (Phi) is 3.97. The molecular formula is C21H18. The third-order valence-electron chi connectivity index (χ3n) is 3.54. The highest BCUT2D eigenvalue weighted by Gasteiger charge is 1.93. The van der Waals surface area contributed by atoms with E-state index in [1.807, 2.05) is 6.92 Å². The first-order chi connectivity index (χ1) is 10.3. The van der Waals surface area contributed by atoms with E-state index < -0.39 is 0 Å². The van der Waals surface area contributed by atoms with Gasteiger partial charge in [0, 0.05) is 0 Å². The molecule has 0 saturated carbocycles. The fourth-order valence-corrected chi connectivity index (χ4v) is 2.41. The zero-order chi connectivity index (χ0) is 14.5. The third kappa shape index (κ3) is 3.29. The monoisotopic (exact) mass is 270 g/mol. The van der Waals surface area contributed by atoms with Crippen LogP contribution in [0.25, 0.3) is 29.0 Å². The van der Waals surface area contributed by atoms with Crippen molar-refractivity contribution < 1.29 is 0 Å². The molecular weight excluding hydrogens is 252 g/mol. The molecule has 102 valence electrons. The zero-order valence-electron chi connectivity index (χ0n) is 12.2. The van der Waals surface area contributed by atoms with Crippen LogP contribution >= 0.6 is 0 Å². The van der Waals surface area contributed by atoms with Crippen LogP contribution in [-0.2, 0) is 0 Å². The lowest BCUT2D eigenvalue weighted by Gasteiger charge is -2.00. The molecule has 0 heterocycles.